The van der Waals surface area contributed by atoms with Crippen molar-refractivity contribution in [3.63, 3.8) is 0 Å². The van der Waals surface area contributed by atoms with Crippen molar-refractivity contribution in [1.29, 1.82) is 0 Å². The maximum Gasteiger partial charge on any atom is 0.311 e. The van der Waals surface area contributed by atoms with Crippen LogP contribution < -0.4 is 0 Å². The summed E-state index contributed by atoms with van der Waals surface area (Å²) in [5, 5.41) is 0. The summed E-state index contributed by atoms with van der Waals surface area (Å²) >= 11 is 0. The Morgan fingerprint density at radius 2 is 1.96 bits per heavy atom. The molecular weight excluding hydrogens is 374 g/mol. The smallest absolute Gasteiger partial charge is 0.311 e. The van der Waals surface area contributed by atoms with E-state index in [1.807, 2.05) is 6.92 Å². The predicted molar refractivity (Wildman–Crippen MR) is 109 cm³/mol. The van der Waals surface area contributed by atoms with Gasteiger partial charge in [0.1, 0.15) is 0 Å². The first-order valence-corrected chi connectivity index (χ1v) is 11.0. The number of esters is 1. The van der Waals surface area contributed by atoms with Gasteiger partial charge in [-0.15, -0.1) is 6.58 Å². The second-order valence-electron chi connectivity index (χ2n) is 7.38. The summed E-state index contributed by atoms with van der Waals surface area (Å²) in [5.74, 6) is -1.14. The van der Waals surface area contributed by atoms with Crippen molar-refractivity contribution in [3.05, 3.63) is 66.8 Å². The second-order valence-corrected chi connectivity index (χ2v) is 9.27. The normalized spacial score (nSPS) is 27.6. The number of fused-ring (bicyclic) bond motifs is 1. The van der Waals surface area contributed by atoms with E-state index in [2.05, 4.69) is 19.2 Å². The second kappa shape index (κ2) is 8.05. The Morgan fingerprint density at radius 3 is 2.54 bits per heavy atom. The highest BCUT2D eigenvalue weighted by Crippen LogP contribution is 2.46. The van der Waals surface area contributed by atoms with Crippen molar-refractivity contribution in [2.75, 3.05) is 13.2 Å². The molecule has 1 fully saturated rings. The minimum Gasteiger partial charge on any atom is -0.466 e. The largest absolute Gasteiger partial charge is 0.466 e. The molecule has 150 valence electrons. The van der Waals surface area contributed by atoms with Gasteiger partial charge in [-0.1, -0.05) is 42.5 Å². The average molecular weight is 402 g/mol. The van der Waals surface area contributed by atoms with Crippen LogP contribution in [0.5, 0.6) is 0 Å². The Hall–Kier alpha value is -2.18. The van der Waals surface area contributed by atoms with E-state index in [9.17, 15) is 13.2 Å². The molecule has 1 aromatic rings. The lowest BCUT2D eigenvalue weighted by molar-refractivity contribution is -0.150. The number of ether oxygens (including phenoxy) is 1. The molecule has 0 spiro atoms. The van der Waals surface area contributed by atoms with Crippen LogP contribution in [0.4, 0.5) is 0 Å². The fraction of sp³-hybridized carbons (Fsp3) is 0.409. The van der Waals surface area contributed by atoms with Gasteiger partial charge in [0.15, 0.2) is 0 Å². The fourth-order valence-corrected chi connectivity index (χ4v) is 5.99. The van der Waals surface area contributed by atoms with Gasteiger partial charge in [-0.25, -0.2) is 8.42 Å². The summed E-state index contributed by atoms with van der Waals surface area (Å²) in [6.45, 7) is 11.8. The first-order valence-electron chi connectivity index (χ1n) is 9.54. The molecule has 0 saturated heterocycles. The van der Waals surface area contributed by atoms with Crippen LogP contribution in [0.3, 0.4) is 0 Å². The summed E-state index contributed by atoms with van der Waals surface area (Å²) in [6.07, 6.45) is 6.15. The van der Waals surface area contributed by atoms with E-state index in [0.717, 1.165) is 11.1 Å². The van der Waals surface area contributed by atoms with Crippen LogP contribution in [0.2, 0.25) is 0 Å². The molecule has 0 aromatic heterocycles. The topological polar surface area (TPSA) is 63.7 Å². The summed E-state index contributed by atoms with van der Waals surface area (Å²) in [4.78, 5) is 13.0. The van der Waals surface area contributed by atoms with Gasteiger partial charge in [0, 0.05) is 12.6 Å². The minimum absolute atomic E-state index is 0.0839. The van der Waals surface area contributed by atoms with Crippen molar-refractivity contribution in [3.8, 4) is 0 Å². The first-order chi connectivity index (χ1) is 13.3. The number of rotatable bonds is 6. The molecule has 2 aliphatic rings. The Morgan fingerprint density at radius 1 is 1.29 bits per heavy atom. The molecule has 0 bridgehead atoms. The fourth-order valence-electron chi connectivity index (χ4n) is 4.31. The van der Waals surface area contributed by atoms with E-state index in [1.54, 1.807) is 43.3 Å². The molecule has 1 aliphatic carbocycles. The molecule has 1 heterocycles. The number of aryl methyl sites for hydroxylation is 1. The number of nitrogens with zero attached hydrogens (tertiary/aromatic N) is 1. The van der Waals surface area contributed by atoms with Crippen molar-refractivity contribution in [2.24, 2.45) is 17.8 Å². The third kappa shape index (κ3) is 3.59. The third-order valence-corrected chi connectivity index (χ3v) is 7.52. The van der Waals surface area contributed by atoms with Gasteiger partial charge in [-0.3, -0.25) is 4.79 Å². The molecule has 0 unspecified atom stereocenters. The molecule has 0 N–H and O–H groups in total. The van der Waals surface area contributed by atoms with E-state index in [1.165, 1.54) is 4.31 Å². The van der Waals surface area contributed by atoms with Crippen LogP contribution in [0.1, 0.15) is 18.9 Å². The molecule has 1 saturated carbocycles. The molecule has 0 amide bonds. The van der Waals surface area contributed by atoms with Crippen molar-refractivity contribution in [1.82, 2.24) is 4.31 Å². The lowest BCUT2D eigenvalue weighted by atomic mass is 9.90. The standard InChI is InChI=1S/C22H27NO4S/c1-5-16-12-18-13-17(6-2)20(22(24)27-7-3)21(18)23(14-16)28(25,26)19-10-8-15(4)9-11-19/h5-6,8-12,17-18,20-21H,1-2,7,13-14H2,3-4H3/t17-,18+,20-,21+/m0/s1. The molecule has 1 aromatic carbocycles. The van der Waals surface area contributed by atoms with Crippen molar-refractivity contribution >= 4 is 16.0 Å². The van der Waals surface area contributed by atoms with E-state index in [4.69, 9.17) is 4.74 Å². The highest BCUT2D eigenvalue weighted by atomic mass is 32.2. The van der Waals surface area contributed by atoms with E-state index in [0.29, 0.717) is 6.42 Å². The van der Waals surface area contributed by atoms with Crippen LogP contribution in [-0.2, 0) is 19.6 Å². The van der Waals surface area contributed by atoms with Gasteiger partial charge >= 0.3 is 5.97 Å². The summed E-state index contributed by atoms with van der Waals surface area (Å²) in [7, 11) is -3.79. The van der Waals surface area contributed by atoms with Crippen LogP contribution >= 0.6 is 0 Å². The monoisotopic (exact) mass is 401 g/mol. The Bertz CT molecular complexity index is 901. The zero-order valence-corrected chi connectivity index (χ0v) is 17.2. The highest BCUT2D eigenvalue weighted by Gasteiger charge is 2.53. The lowest BCUT2D eigenvalue weighted by Gasteiger charge is -2.38. The number of allylic oxidation sites excluding steroid dienone is 1. The molecule has 4 atom stereocenters. The maximum absolute atomic E-state index is 13.5. The van der Waals surface area contributed by atoms with Crippen molar-refractivity contribution < 1.29 is 17.9 Å². The van der Waals surface area contributed by atoms with Gasteiger partial charge in [-0.05, 0) is 49.8 Å². The summed E-state index contributed by atoms with van der Waals surface area (Å²) in [5.41, 5.74) is 1.84. The van der Waals surface area contributed by atoms with Crippen molar-refractivity contribution in [2.45, 2.75) is 31.2 Å². The Balaban J connectivity index is 2.09. The van der Waals surface area contributed by atoms with Gasteiger partial charge in [-0.2, -0.15) is 4.31 Å². The highest BCUT2D eigenvalue weighted by molar-refractivity contribution is 7.89. The van der Waals surface area contributed by atoms with Crippen LogP contribution in [0.25, 0.3) is 0 Å². The molecular formula is C22H27NO4S. The van der Waals surface area contributed by atoms with Gasteiger partial charge < -0.3 is 4.74 Å². The number of hydrogen-bond donors (Lipinski definition) is 0. The molecule has 5 nitrogen and oxygen atoms in total. The number of carbonyl (C=O) groups is 1. The van der Waals surface area contributed by atoms with E-state index >= 15 is 0 Å². The quantitative estimate of drug-likeness (QED) is 0.541. The van der Waals surface area contributed by atoms with E-state index in [-0.39, 0.29) is 35.9 Å². The Kier molecular flexibility index (Phi) is 5.91. The van der Waals surface area contributed by atoms with Crippen LogP contribution in [-0.4, -0.2) is 37.9 Å². The molecule has 0 radical (unpaired) electrons. The summed E-state index contributed by atoms with van der Waals surface area (Å²) < 4.78 is 33.8. The van der Waals surface area contributed by atoms with Crippen LogP contribution in [0.15, 0.2) is 66.1 Å². The maximum atomic E-state index is 13.5. The third-order valence-electron chi connectivity index (χ3n) is 5.66. The van der Waals surface area contributed by atoms with Gasteiger partial charge in [0.05, 0.1) is 17.4 Å². The number of sulfonamides is 1. The lowest BCUT2D eigenvalue weighted by Crippen LogP contribution is -2.50. The van der Waals surface area contributed by atoms with E-state index < -0.39 is 22.0 Å². The number of carbonyl (C=O) groups excluding carboxylic acids is 1. The zero-order valence-electron chi connectivity index (χ0n) is 16.4. The molecule has 1 aliphatic heterocycles. The first kappa shape index (κ1) is 20.6. The summed E-state index contributed by atoms with van der Waals surface area (Å²) in [6, 6.07) is 6.30. The van der Waals surface area contributed by atoms with Crippen LogP contribution in [0, 0.1) is 24.7 Å². The minimum atomic E-state index is -3.79. The number of hydrogen-bond acceptors (Lipinski definition) is 4. The SMILES string of the molecule is C=CC1=C[C@@H]2C[C@H](C=C)[C@H](C(=O)OCC)[C@@H]2N(S(=O)(=O)c2ccc(C)cc2)C1. The number of benzene rings is 1. The van der Waals surface area contributed by atoms with Gasteiger partial charge in [0.2, 0.25) is 10.0 Å². The van der Waals surface area contributed by atoms with Gasteiger partial charge in [0.25, 0.3) is 0 Å². The predicted octanol–water partition coefficient (Wildman–Crippen LogP) is 3.48. The molecule has 6 heteroatoms. The molecule has 3 rings (SSSR count). The Labute approximate surface area is 167 Å². The average Bonchev–Trinajstić information content (AvgIpc) is 3.06. The molecule has 28 heavy (non-hydrogen) atoms. The zero-order chi connectivity index (χ0) is 20.5.